The van der Waals surface area contributed by atoms with E-state index in [0.29, 0.717) is 24.8 Å². The number of nitrogens with one attached hydrogen (secondary N) is 1. The third kappa shape index (κ3) is 8.97. The number of carbonyl (C=O) groups is 2. The minimum Gasteiger partial charge on any atom is -0.507 e. The van der Waals surface area contributed by atoms with E-state index in [0.717, 1.165) is 12.8 Å². The second-order valence-electron chi connectivity index (χ2n) is 18.7. The van der Waals surface area contributed by atoms with Crippen LogP contribution in [-0.2, 0) is 23.8 Å². The maximum atomic E-state index is 14.9. The summed E-state index contributed by atoms with van der Waals surface area (Å²) in [6, 6.07) is 3.54. The summed E-state index contributed by atoms with van der Waals surface area (Å²) in [6.07, 6.45) is 5.30. The van der Waals surface area contributed by atoms with Crippen LogP contribution in [0.5, 0.6) is 11.5 Å². The number of rotatable bonds is 4. The number of nitrogens with zero attached hydrogens (tertiary/aromatic N) is 3. The number of hydrogen-bond acceptors (Lipinski definition) is 16. The van der Waals surface area contributed by atoms with Crippen molar-refractivity contribution in [2.45, 2.75) is 104 Å². The molecule has 4 bridgehead atoms. The number of esters is 1. The van der Waals surface area contributed by atoms with Gasteiger partial charge < -0.3 is 58.9 Å². The number of methoxy groups -OCH3 is 1. The first-order valence-corrected chi connectivity index (χ1v) is 22.6. The van der Waals surface area contributed by atoms with Gasteiger partial charge in [0.25, 0.3) is 5.91 Å². The smallest absolute Gasteiger partial charge is 0.307 e. The van der Waals surface area contributed by atoms with Gasteiger partial charge in [0, 0.05) is 98.1 Å². The summed E-state index contributed by atoms with van der Waals surface area (Å²) in [5.41, 5.74) is -1.35. The first kappa shape index (κ1) is 48.9. The fraction of sp³-hybridized carbons (Fsp3) is 0.500. The molecule has 9 atom stereocenters. The minimum atomic E-state index is -1.98. The van der Waals surface area contributed by atoms with Crippen molar-refractivity contribution in [3.63, 3.8) is 0 Å². The monoisotopic (exact) mass is 926 g/mol. The highest BCUT2D eigenvalue weighted by Gasteiger charge is 2.44. The van der Waals surface area contributed by atoms with Crippen LogP contribution in [0.1, 0.15) is 66.9 Å². The first-order chi connectivity index (χ1) is 31.6. The summed E-state index contributed by atoms with van der Waals surface area (Å²) < 4.78 is 30.5. The van der Waals surface area contributed by atoms with E-state index in [2.05, 4.69) is 15.1 Å². The molecule has 0 aliphatic carbocycles. The van der Waals surface area contributed by atoms with E-state index >= 15 is 0 Å². The second kappa shape index (κ2) is 18.9. The molecule has 9 unspecified atom stereocenters. The number of phenols is 1. The Labute approximate surface area is 387 Å². The van der Waals surface area contributed by atoms with Gasteiger partial charge in [-0.15, -0.1) is 0 Å². The lowest BCUT2D eigenvalue weighted by Gasteiger charge is -2.38. The molecule has 5 N–H and O–H groups in total. The van der Waals surface area contributed by atoms with Gasteiger partial charge >= 0.3 is 11.8 Å². The lowest BCUT2D eigenvalue weighted by Crippen LogP contribution is -2.46. The standard InChI is InChI=1S/C50H62N4O13/c1-23-13-12-14-24(2)49(62)52-40-44(60)36-35(39-47(40)66-34-22-31(21-32(56)38(34)51-39)54-18-15-30(16-19-54)53(9)10)37-46(28(6)43(36)59)67-50(8,48(37)61)64-20-17-33(63-11)25(3)45(65-29(7)55)27(5)42(58)26(4)41(23)57/h12-14,17,20-23,25-27,30,33,41-42,45,57-59,61H,15-16,18-19H2,1-11H3,(H,52,62). The van der Waals surface area contributed by atoms with Crippen LogP contribution in [-0.4, -0.2) is 113 Å². The van der Waals surface area contributed by atoms with Crippen molar-refractivity contribution in [1.82, 2.24) is 9.88 Å². The number of carbonyl (C=O) groups excluding carboxylic acids is 2. The maximum absolute atomic E-state index is 14.9. The molecular weight excluding hydrogens is 865 g/mol. The highest BCUT2D eigenvalue weighted by Crippen LogP contribution is 2.42. The summed E-state index contributed by atoms with van der Waals surface area (Å²) in [5, 5.41) is 49.3. The fourth-order valence-corrected chi connectivity index (χ4v) is 9.70. The van der Waals surface area contributed by atoms with E-state index in [4.69, 9.17) is 28.3 Å². The molecule has 4 aromatic rings. The molecule has 17 heteroatoms. The molecule has 3 aliphatic heterocycles. The number of anilines is 2. The molecule has 3 aliphatic rings. The van der Waals surface area contributed by atoms with E-state index < -0.39 is 88.1 Å². The van der Waals surface area contributed by atoms with Gasteiger partial charge in [0.1, 0.15) is 28.8 Å². The van der Waals surface area contributed by atoms with Crippen LogP contribution in [0.15, 0.2) is 62.3 Å². The van der Waals surface area contributed by atoms with Crippen LogP contribution in [0.25, 0.3) is 38.7 Å². The Balaban J connectivity index is 1.47. The number of aliphatic hydroxyl groups is 3. The quantitative estimate of drug-likeness (QED) is 0.102. The molecule has 0 spiro atoms. The average molecular weight is 927 g/mol. The maximum Gasteiger partial charge on any atom is 0.307 e. The zero-order chi connectivity index (χ0) is 49.0. The van der Waals surface area contributed by atoms with Crippen molar-refractivity contribution in [2.75, 3.05) is 44.5 Å². The number of amides is 1. The highest BCUT2D eigenvalue weighted by atomic mass is 16.7. The molecule has 1 aromatic heterocycles. The van der Waals surface area contributed by atoms with Crippen LogP contribution < -0.4 is 31.0 Å². The van der Waals surface area contributed by atoms with Crippen LogP contribution >= 0.6 is 0 Å². The molecule has 3 aromatic carbocycles. The minimum absolute atomic E-state index is 0.0391. The predicted octanol–water partition coefficient (Wildman–Crippen LogP) is 5.09. The second-order valence-corrected chi connectivity index (χ2v) is 18.7. The van der Waals surface area contributed by atoms with Crippen molar-refractivity contribution in [3.05, 3.63) is 79.5 Å². The number of fused-ring (bicyclic) bond motifs is 2. The van der Waals surface area contributed by atoms with Crippen molar-refractivity contribution in [3.8, 4) is 11.5 Å². The Kier molecular flexibility index (Phi) is 13.8. The van der Waals surface area contributed by atoms with E-state index in [1.807, 2.05) is 14.1 Å². The molecular formula is C50H62N4O13. The Morgan fingerprint density at radius 3 is 2.28 bits per heavy atom. The number of piperidine rings is 1. The van der Waals surface area contributed by atoms with E-state index in [1.165, 1.54) is 59.3 Å². The largest absolute Gasteiger partial charge is 0.507 e. The van der Waals surface area contributed by atoms with Gasteiger partial charge in [-0.2, -0.15) is 0 Å². The van der Waals surface area contributed by atoms with Gasteiger partial charge in [-0.05, 0) is 46.9 Å². The molecule has 0 saturated carbocycles. The van der Waals surface area contributed by atoms with Crippen molar-refractivity contribution >= 4 is 62.0 Å². The molecule has 1 fully saturated rings. The molecule has 0 radical (unpaired) electrons. The third-order valence-corrected chi connectivity index (χ3v) is 14.0. The van der Waals surface area contributed by atoms with Crippen LogP contribution in [0.4, 0.5) is 11.4 Å². The van der Waals surface area contributed by atoms with Gasteiger partial charge in [0.15, 0.2) is 22.4 Å². The Morgan fingerprint density at radius 1 is 0.955 bits per heavy atom. The molecule has 4 heterocycles. The number of phenolic OH excluding ortho intramolecular Hbond substituents is 1. The Bertz CT molecular complexity index is 2880. The lowest BCUT2D eigenvalue weighted by molar-refractivity contribution is -0.160. The van der Waals surface area contributed by atoms with Crippen molar-refractivity contribution in [2.24, 2.45) is 23.7 Å². The van der Waals surface area contributed by atoms with Gasteiger partial charge in [0.2, 0.25) is 10.9 Å². The molecule has 1 amide bonds. The number of aromatic hydroxyl groups is 1. The van der Waals surface area contributed by atoms with Crippen LogP contribution in [0.2, 0.25) is 0 Å². The molecule has 67 heavy (non-hydrogen) atoms. The third-order valence-electron chi connectivity index (χ3n) is 14.0. The Morgan fingerprint density at radius 2 is 1.64 bits per heavy atom. The summed E-state index contributed by atoms with van der Waals surface area (Å²) in [6.45, 7) is 14.0. The zero-order valence-corrected chi connectivity index (χ0v) is 39.9. The summed E-state index contributed by atoms with van der Waals surface area (Å²) in [4.78, 5) is 64.4. The number of aromatic nitrogens is 1. The van der Waals surface area contributed by atoms with Gasteiger partial charge in [-0.1, -0.05) is 45.9 Å². The summed E-state index contributed by atoms with van der Waals surface area (Å²) >= 11 is 0. The highest BCUT2D eigenvalue weighted by molar-refractivity contribution is 6.16. The number of benzene rings is 3. The van der Waals surface area contributed by atoms with Crippen molar-refractivity contribution < 1.29 is 53.4 Å². The predicted molar refractivity (Wildman–Crippen MR) is 254 cm³/mol. The molecule has 1 saturated heterocycles. The number of ether oxygens (including phenoxy) is 4. The Hall–Kier alpha value is -6.01. The van der Waals surface area contributed by atoms with Gasteiger partial charge in [0.05, 0.1) is 35.2 Å². The van der Waals surface area contributed by atoms with Gasteiger partial charge in [-0.25, -0.2) is 4.98 Å². The van der Waals surface area contributed by atoms with Gasteiger partial charge in [-0.3, -0.25) is 19.2 Å². The average Bonchev–Trinajstić information content (AvgIpc) is 3.56. The normalized spacial score (nSPS) is 28.0. The lowest BCUT2D eigenvalue weighted by atomic mass is 9.78. The van der Waals surface area contributed by atoms with Crippen LogP contribution in [0, 0.1) is 30.6 Å². The topological polar surface area (TPSA) is 231 Å². The number of aliphatic hydroxyl groups excluding tert-OH is 3. The van der Waals surface area contributed by atoms with E-state index in [-0.39, 0.29) is 60.8 Å². The number of hydrogen-bond donors (Lipinski definition) is 5. The van der Waals surface area contributed by atoms with E-state index in [1.54, 1.807) is 45.9 Å². The number of allylic oxidation sites excluding steroid dienone is 2. The van der Waals surface area contributed by atoms with Crippen LogP contribution in [0.3, 0.4) is 0 Å². The van der Waals surface area contributed by atoms with E-state index in [9.17, 15) is 39.6 Å². The first-order valence-electron chi connectivity index (χ1n) is 22.6. The molecule has 7 rings (SSSR count). The SMILES string of the molecule is COC1C=COC2(C)Oc3c(C)c(O)c4c(=O)c(c5oc6cc(N7CCC(N(C)C)CC7)cc(=O)c6nc5c4c3=C2O)NC(=O)C(C)=CC=CC(C)C(O)C(C)C(O)C(C)C(OC(C)=O)C1C. The van der Waals surface area contributed by atoms with Crippen molar-refractivity contribution in [1.29, 1.82) is 0 Å². The fourth-order valence-electron chi connectivity index (χ4n) is 9.70. The molecule has 360 valence electrons. The molecule has 17 nitrogen and oxygen atoms in total. The summed E-state index contributed by atoms with van der Waals surface area (Å²) in [7, 11) is 5.52. The zero-order valence-electron chi connectivity index (χ0n) is 39.9. The summed E-state index contributed by atoms with van der Waals surface area (Å²) in [5.74, 6) is -6.93.